The number of carbonyl (C=O) groups is 1. The second-order valence-electron chi connectivity index (χ2n) is 6.16. The molecule has 22 heavy (non-hydrogen) atoms. The second kappa shape index (κ2) is 6.90. The summed E-state index contributed by atoms with van der Waals surface area (Å²) in [5.41, 5.74) is 0.873. The lowest BCUT2D eigenvalue weighted by atomic mass is 9.92. The first kappa shape index (κ1) is 15.0. The Morgan fingerprint density at radius 2 is 2.18 bits per heavy atom. The smallest absolute Gasteiger partial charge is 0.233 e. The highest BCUT2D eigenvalue weighted by molar-refractivity contribution is 5.79. The van der Waals surface area contributed by atoms with Gasteiger partial charge in [0.05, 0.1) is 12.2 Å². The molecule has 1 aliphatic heterocycles. The maximum atomic E-state index is 12.6. The zero-order valence-corrected chi connectivity index (χ0v) is 13.1. The summed E-state index contributed by atoms with van der Waals surface area (Å²) in [4.78, 5) is 14.6. The Morgan fingerprint density at radius 1 is 1.27 bits per heavy atom. The number of hydrogen-bond acceptors (Lipinski definition) is 4. The first-order valence-electron chi connectivity index (χ1n) is 8.13. The van der Waals surface area contributed by atoms with Crippen molar-refractivity contribution in [1.82, 2.24) is 15.1 Å². The van der Waals surface area contributed by atoms with Crippen molar-refractivity contribution in [1.29, 1.82) is 0 Å². The van der Waals surface area contributed by atoms with E-state index in [4.69, 9.17) is 4.74 Å². The molecule has 1 saturated heterocycles. The van der Waals surface area contributed by atoms with Crippen molar-refractivity contribution in [3.05, 3.63) is 30.0 Å². The van der Waals surface area contributed by atoms with Crippen LogP contribution in [-0.4, -0.2) is 40.2 Å². The van der Waals surface area contributed by atoms with E-state index in [-0.39, 0.29) is 17.9 Å². The maximum Gasteiger partial charge on any atom is 0.233 e. The van der Waals surface area contributed by atoms with E-state index in [0.717, 1.165) is 44.3 Å². The van der Waals surface area contributed by atoms with Gasteiger partial charge < -0.3 is 9.64 Å². The van der Waals surface area contributed by atoms with Crippen LogP contribution in [0.4, 0.5) is 0 Å². The SMILES string of the molecule is Cc1ccc(O[C@H]2CCCN(C(=O)[C@H]3CC=CCC3)C2)nn1. The molecule has 0 unspecified atom stereocenters. The molecule has 0 radical (unpaired) electrons. The molecule has 2 atom stereocenters. The number of carbonyl (C=O) groups excluding carboxylic acids is 1. The Kier molecular flexibility index (Phi) is 4.71. The van der Waals surface area contributed by atoms with E-state index in [9.17, 15) is 4.79 Å². The van der Waals surface area contributed by atoms with Gasteiger partial charge >= 0.3 is 0 Å². The predicted octanol–water partition coefficient (Wildman–Crippen LogP) is 2.51. The molecule has 2 heterocycles. The molecule has 2 aliphatic rings. The number of ether oxygens (including phenoxy) is 1. The number of allylic oxidation sites excluding steroid dienone is 2. The third kappa shape index (κ3) is 3.64. The third-order valence-electron chi connectivity index (χ3n) is 4.37. The number of nitrogens with zero attached hydrogens (tertiary/aromatic N) is 3. The Morgan fingerprint density at radius 3 is 2.91 bits per heavy atom. The average molecular weight is 301 g/mol. The van der Waals surface area contributed by atoms with E-state index < -0.39 is 0 Å². The molecular weight excluding hydrogens is 278 g/mol. The van der Waals surface area contributed by atoms with Crippen LogP contribution in [0.5, 0.6) is 5.88 Å². The molecule has 5 nitrogen and oxygen atoms in total. The summed E-state index contributed by atoms with van der Waals surface area (Å²) >= 11 is 0. The first-order chi connectivity index (χ1) is 10.7. The monoisotopic (exact) mass is 301 g/mol. The van der Waals surface area contributed by atoms with Crippen LogP contribution in [0.15, 0.2) is 24.3 Å². The molecule has 1 aromatic heterocycles. The van der Waals surface area contributed by atoms with E-state index in [0.29, 0.717) is 12.4 Å². The minimum absolute atomic E-state index is 0.0221. The molecule has 1 amide bonds. The van der Waals surface area contributed by atoms with Crippen LogP contribution < -0.4 is 4.74 Å². The summed E-state index contributed by atoms with van der Waals surface area (Å²) in [5, 5.41) is 8.06. The van der Waals surface area contributed by atoms with Crippen molar-refractivity contribution < 1.29 is 9.53 Å². The zero-order valence-electron chi connectivity index (χ0n) is 13.1. The van der Waals surface area contributed by atoms with Crippen molar-refractivity contribution in [2.45, 2.75) is 45.1 Å². The average Bonchev–Trinajstić information content (AvgIpc) is 2.57. The van der Waals surface area contributed by atoms with E-state index in [1.54, 1.807) is 0 Å². The molecule has 1 aromatic rings. The van der Waals surface area contributed by atoms with Crippen LogP contribution in [0.25, 0.3) is 0 Å². The third-order valence-corrected chi connectivity index (χ3v) is 4.37. The normalized spacial score (nSPS) is 25.0. The number of likely N-dealkylation sites (tertiary alicyclic amines) is 1. The van der Waals surface area contributed by atoms with Gasteiger partial charge in [-0.15, -0.1) is 5.10 Å². The molecule has 5 heteroatoms. The first-order valence-corrected chi connectivity index (χ1v) is 8.13. The molecular formula is C17H23N3O2. The Labute approximate surface area is 131 Å². The number of rotatable bonds is 3. The standard InChI is InChI=1S/C17H23N3O2/c1-13-9-10-16(19-18-13)22-15-8-5-11-20(12-15)17(21)14-6-3-2-4-7-14/h2-3,9-10,14-15H,4-8,11-12H2,1H3/t14-,15-/m0/s1. The highest BCUT2D eigenvalue weighted by Gasteiger charge is 2.29. The number of piperidine rings is 1. The van der Waals surface area contributed by atoms with Crippen LogP contribution in [-0.2, 0) is 4.79 Å². The molecule has 0 aromatic carbocycles. The lowest BCUT2D eigenvalue weighted by Gasteiger charge is -2.35. The van der Waals surface area contributed by atoms with Gasteiger partial charge in [0.15, 0.2) is 0 Å². The van der Waals surface area contributed by atoms with Crippen molar-refractivity contribution in [2.75, 3.05) is 13.1 Å². The molecule has 0 bridgehead atoms. The van der Waals surface area contributed by atoms with Crippen molar-refractivity contribution >= 4 is 5.91 Å². The largest absolute Gasteiger partial charge is 0.471 e. The Hall–Kier alpha value is -1.91. The van der Waals surface area contributed by atoms with Gasteiger partial charge in [0.1, 0.15) is 6.10 Å². The molecule has 0 N–H and O–H groups in total. The summed E-state index contributed by atoms with van der Waals surface area (Å²) < 4.78 is 5.90. The van der Waals surface area contributed by atoms with Gasteiger partial charge in [0.25, 0.3) is 0 Å². The summed E-state index contributed by atoms with van der Waals surface area (Å²) in [6.45, 7) is 3.41. The van der Waals surface area contributed by atoms with Crippen LogP contribution in [0.1, 0.15) is 37.8 Å². The van der Waals surface area contributed by atoms with Crippen molar-refractivity contribution in [3.63, 3.8) is 0 Å². The van der Waals surface area contributed by atoms with E-state index in [1.165, 1.54) is 0 Å². The van der Waals surface area contributed by atoms with Gasteiger partial charge in [0, 0.05) is 18.5 Å². The predicted molar refractivity (Wildman–Crippen MR) is 83.5 cm³/mol. The summed E-state index contributed by atoms with van der Waals surface area (Å²) in [6.07, 6.45) is 9.14. The fourth-order valence-corrected chi connectivity index (χ4v) is 3.13. The van der Waals surface area contributed by atoms with Gasteiger partial charge in [-0.2, -0.15) is 5.10 Å². The fraction of sp³-hybridized carbons (Fsp3) is 0.588. The van der Waals surface area contributed by atoms with Gasteiger partial charge in [-0.05, 0) is 45.1 Å². The number of hydrogen-bond donors (Lipinski definition) is 0. The van der Waals surface area contributed by atoms with Crippen LogP contribution in [0.3, 0.4) is 0 Å². The van der Waals surface area contributed by atoms with Crippen LogP contribution in [0, 0.1) is 12.8 Å². The minimum atomic E-state index is 0.0221. The molecule has 118 valence electrons. The molecule has 1 aliphatic carbocycles. The molecule has 0 saturated carbocycles. The summed E-state index contributed by atoms with van der Waals surface area (Å²) in [6, 6.07) is 3.73. The minimum Gasteiger partial charge on any atom is -0.471 e. The van der Waals surface area contributed by atoms with Crippen molar-refractivity contribution in [2.24, 2.45) is 5.92 Å². The fourth-order valence-electron chi connectivity index (χ4n) is 3.13. The van der Waals surface area contributed by atoms with Gasteiger partial charge in [-0.1, -0.05) is 12.2 Å². The van der Waals surface area contributed by atoms with Gasteiger partial charge in [-0.25, -0.2) is 0 Å². The van der Waals surface area contributed by atoms with E-state index in [1.807, 2.05) is 24.0 Å². The highest BCUT2D eigenvalue weighted by Crippen LogP contribution is 2.23. The Balaban J connectivity index is 1.57. The van der Waals surface area contributed by atoms with Crippen LogP contribution >= 0.6 is 0 Å². The number of aryl methyl sites for hydroxylation is 1. The lowest BCUT2D eigenvalue weighted by molar-refractivity contribution is -0.138. The highest BCUT2D eigenvalue weighted by atomic mass is 16.5. The van der Waals surface area contributed by atoms with Gasteiger partial charge in [-0.3, -0.25) is 4.79 Å². The maximum absolute atomic E-state index is 12.6. The zero-order chi connectivity index (χ0) is 15.4. The summed E-state index contributed by atoms with van der Waals surface area (Å²) in [5.74, 6) is 0.987. The molecule has 0 spiro atoms. The number of amides is 1. The summed E-state index contributed by atoms with van der Waals surface area (Å²) in [7, 11) is 0. The number of aromatic nitrogens is 2. The van der Waals surface area contributed by atoms with E-state index >= 15 is 0 Å². The van der Waals surface area contributed by atoms with Crippen LogP contribution in [0.2, 0.25) is 0 Å². The molecule has 3 rings (SSSR count). The Bertz CT molecular complexity index is 541. The second-order valence-corrected chi connectivity index (χ2v) is 6.16. The quantitative estimate of drug-likeness (QED) is 0.805. The lowest BCUT2D eigenvalue weighted by Crippen LogP contribution is -2.46. The van der Waals surface area contributed by atoms with E-state index in [2.05, 4.69) is 22.3 Å². The molecule has 1 fully saturated rings. The topological polar surface area (TPSA) is 55.3 Å². The van der Waals surface area contributed by atoms with Crippen molar-refractivity contribution in [3.8, 4) is 5.88 Å². The van der Waals surface area contributed by atoms with Gasteiger partial charge in [0.2, 0.25) is 11.8 Å².